The summed E-state index contributed by atoms with van der Waals surface area (Å²) in [5, 5.41) is 5.74. The van der Waals surface area contributed by atoms with Gasteiger partial charge in [0.05, 0.1) is 11.2 Å². The predicted octanol–water partition coefficient (Wildman–Crippen LogP) is 2.00. The van der Waals surface area contributed by atoms with E-state index in [1.807, 2.05) is 26.0 Å². The molecule has 1 saturated heterocycles. The molecule has 11 heteroatoms. The van der Waals surface area contributed by atoms with Crippen molar-refractivity contribution in [2.24, 2.45) is 5.73 Å². The first-order chi connectivity index (χ1) is 19.1. The van der Waals surface area contributed by atoms with Crippen LogP contribution in [0.15, 0.2) is 41.3 Å². The van der Waals surface area contributed by atoms with Crippen LogP contribution >= 0.6 is 0 Å². The molecular formula is C29H44N8O3. The van der Waals surface area contributed by atoms with Crippen LogP contribution < -0.4 is 22.1 Å². The second-order valence-corrected chi connectivity index (χ2v) is 11.3. The van der Waals surface area contributed by atoms with E-state index in [0.717, 1.165) is 44.5 Å². The summed E-state index contributed by atoms with van der Waals surface area (Å²) in [4.78, 5) is 48.2. The first-order valence-corrected chi connectivity index (χ1v) is 14.3. The van der Waals surface area contributed by atoms with Crippen LogP contribution in [0.4, 0.5) is 10.6 Å². The van der Waals surface area contributed by atoms with Crippen molar-refractivity contribution in [1.29, 1.82) is 0 Å². The van der Waals surface area contributed by atoms with Crippen LogP contribution in [-0.2, 0) is 11.3 Å². The minimum Gasteiger partial charge on any atom is -0.338 e. The maximum absolute atomic E-state index is 12.8. The van der Waals surface area contributed by atoms with Gasteiger partial charge < -0.3 is 20.9 Å². The number of hydrogen-bond donors (Lipinski definition) is 3. The largest absolute Gasteiger partial charge is 0.354 e. The summed E-state index contributed by atoms with van der Waals surface area (Å²) in [6.07, 6.45) is 6.07. The SMILES string of the molecule is CCN(Cc1ccc(-n2ccc(NC(=O)N3CCN(C(=O)C(C)(C)NC)CC3)nc2=O)cc1)C1CCC(N)CC1. The Morgan fingerprint density at radius 2 is 1.65 bits per heavy atom. The highest BCUT2D eigenvalue weighted by Gasteiger charge is 2.33. The van der Waals surface area contributed by atoms with Crippen LogP contribution in [0.2, 0.25) is 0 Å². The lowest BCUT2D eigenvalue weighted by Crippen LogP contribution is -2.58. The first kappa shape index (κ1) is 29.7. The molecule has 4 N–H and O–H groups in total. The summed E-state index contributed by atoms with van der Waals surface area (Å²) in [6.45, 7) is 9.44. The molecule has 1 aromatic carbocycles. The van der Waals surface area contributed by atoms with Gasteiger partial charge in [0.25, 0.3) is 0 Å². The summed E-state index contributed by atoms with van der Waals surface area (Å²) in [5.74, 6) is 0.203. The van der Waals surface area contributed by atoms with E-state index in [4.69, 9.17) is 5.73 Å². The van der Waals surface area contributed by atoms with E-state index in [1.54, 1.807) is 29.1 Å². The lowest BCUT2D eigenvalue weighted by atomic mass is 9.90. The number of carbonyl (C=O) groups excluding carboxylic acids is 2. The number of piperazine rings is 1. The van der Waals surface area contributed by atoms with Crippen molar-refractivity contribution in [3.63, 3.8) is 0 Å². The molecule has 1 saturated carbocycles. The number of carbonyl (C=O) groups is 2. The Morgan fingerprint density at radius 3 is 2.23 bits per heavy atom. The summed E-state index contributed by atoms with van der Waals surface area (Å²) < 4.78 is 1.47. The van der Waals surface area contributed by atoms with Gasteiger partial charge in [-0.05, 0) is 76.9 Å². The fourth-order valence-electron chi connectivity index (χ4n) is 5.43. The normalized spacial score (nSPS) is 20.1. The Morgan fingerprint density at radius 1 is 1.02 bits per heavy atom. The Bertz CT molecular complexity index is 1210. The van der Waals surface area contributed by atoms with Gasteiger partial charge in [-0.1, -0.05) is 19.1 Å². The molecule has 2 fully saturated rings. The average molecular weight is 553 g/mol. The van der Waals surface area contributed by atoms with E-state index < -0.39 is 11.2 Å². The minimum absolute atomic E-state index is 0.00507. The van der Waals surface area contributed by atoms with Gasteiger partial charge in [0.2, 0.25) is 5.91 Å². The summed E-state index contributed by atoms with van der Waals surface area (Å²) in [7, 11) is 1.76. The van der Waals surface area contributed by atoms with Gasteiger partial charge >= 0.3 is 11.7 Å². The number of benzene rings is 1. The van der Waals surface area contributed by atoms with E-state index in [1.165, 1.54) is 10.1 Å². The average Bonchev–Trinajstić information content (AvgIpc) is 2.96. The van der Waals surface area contributed by atoms with Gasteiger partial charge in [-0.3, -0.25) is 19.6 Å². The number of nitrogens with one attached hydrogen (secondary N) is 2. The number of nitrogens with two attached hydrogens (primary N) is 1. The Kier molecular flexibility index (Phi) is 9.60. The van der Waals surface area contributed by atoms with E-state index in [0.29, 0.717) is 38.3 Å². The highest BCUT2D eigenvalue weighted by molar-refractivity contribution is 5.89. The molecule has 0 radical (unpaired) electrons. The van der Waals surface area contributed by atoms with Crippen molar-refractivity contribution < 1.29 is 9.59 Å². The Hall–Kier alpha value is -3.28. The molecule has 11 nitrogen and oxygen atoms in total. The zero-order valence-electron chi connectivity index (χ0n) is 24.2. The maximum atomic E-state index is 12.8. The molecular weight excluding hydrogens is 508 g/mol. The van der Waals surface area contributed by atoms with Crippen molar-refractivity contribution in [1.82, 2.24) is 29.6 Å². The first-order valence-electron chi connectivity index (χ1n) is 14.3. The molecule has 0 spiro atoms. The number of urea groups is 1. The summed E-state index contributed by atoms with van der Waals surface area (Å²) in [6, 6.07) is 10.1. The Balaban J connectivity index is 1.32. The molecule has 3 amide bonds. The van der Waals surface area contributed by atoms with E-state index in [2.05, 4.69) is 39.6 Å². The lowest BCUT2D eigenvalue weighted by molar-refractivity contribution is -0.138. The smallest absolute Gasteiger partial charge is 0.338 e. The summed E-state index contributed by atoms with van der Waals surface area (Å²) >= 11 is 0. The van der Waals surface area contributed by atoms with Crippen LogP contribution in [0.1, 0.15) is 52.0 Å². The van der Waals surface area contributed by atoms with Crippen LogP contribution in [0.5, 0.6) is 0 Å². The number of nitrogens with zero attached hydrogens (tertiary/aromatic N) is 5. The molecule has 2 heterocycles. The van der Waals surface area contributed by atoms with Crippen molar-refractivity contribution in [2.45, 2.75) is 70.6 Å². The topological polar surface area (TPSA) is 129 Å². The van der Waals surface area contributed by atoms with Crippen molar-refractivity contribution in [2.75, 3.05) is 45.1 Å². The lowest BCUT2D eigenvalue weighted by Gasteiger charge is -2.38. The number of rotatable bonds is 8. The molecule has 0 bridgehead atoms. The molecule has 218 valence electrons. The zero-order valence-corrected chi connectivity index (χ0v) is 24.2. The fourth-order valence-corrected chi connectivity index (χ4v) is 5.43. The highest BCUT2D eigenvalue weighted by atomic mass is 16.2. The fraction of sp³-hybridized carbons (Fsp3) is 0.586. The number of amides is 3. The molecule has 1 aliphatic carbocycles. The number of hydrogen-bond acceptors (Lipinski definition) is 7. The van der Waals surface area contributed by atoms with Gasteiger partial charge in [-0.15, -0.1) is 0 Å². The van der Waals surface area contributed by atoms with Crippen LogP contribution in [0, 0.1) is 0 Å². The van der Waals surface area contributed by atoms with Gasteiger partial charge in [-0.25, -0.2) is 9.59 Å². The van der Waals surface area contributed by atoms with Gasteiger partial charge in [0.1, 0.15) is 5.82 Å². The third kappa shape index (κ3) is 7.07. The monoisotopic (exact) mass is 552 g/mol. The van der Waals surface area contributed by atoms with E-state index in [-0.39, 0.29) is 17.8 Å². The van der Waals surface area contributed by atoms with E-state index in [9.17, 15) is 14.4 Å². The van der Waals surface area contributed by atoms with Crippen molar-refractivity contribution in [3.8, 4) is 5.69 Å². The summed E-state index contributed by atoms with van der Waals surface area (Å²) in [5.41, 5.74) is 6.88. The molecule has 0 unspecified atom stereocenters. The third-order valence-electron chi connectivity index (χ3n) is 8.32. The number of likely N-dealkylation sites (N-methyl/N-ethyl adjacent to an activating group) is 1. The molecule has 4 rings (SSSR count). The van der Waals surface area contributed by atoms with Crippen LogP contribution in [0.3, 0.4) is 0 Å². The predicted molar refractivity (Wildman–Crippen MR) is 156 cm³/mol. The van der Waals surface area contributed by atoms with Gasteiger partial charge in [0, 0.05) is 51.0 Å². The van der Waals surface area contributed by atoms with Crippen LogP contribution in [-0.4, -0.2) is 93.6 Å². The number of anilines is 1. The third-order valence-corrected chi connectivity index (χ3v) is 8.32. The van der Waals surface area contributed by atoms with E-state index >= 15 is 0 Å². The second kappa shape index (κ2) is 12.9. The van der Waals surface area contributed by atoms with Gasteiger partial charge in [-0.2, -0.15) is 4.98 Å². The quantitative estimate of drug-likeness (QED) is 0.457. The van der Waals surface area contributed by atoms with Crippen LogP contribution in [0.25, 0.3) is 5.69 Å². The highest BCUT2D eigenvalue weighted by Crippen LogP contribution is 2.24. The Labute approximate surface area is 236 Å². The minimum atomic E-state index is -0.654. The molecule has 40 heavy (non-hydrogen) atoms. The second-order valence-electron chi connectivity index (χ2n) is 11.3. The molecule has 2 aliphatic rings. The molecule has 1 aromatic heterocycles. The van der Waals surface area contributed by atoms with Gasteiger partial charge in [0.15, 0.2) is 0 Å². The standard InChI is InChI=1S/C29H44N8O3/c1-5-34(23-12-8-22(30)9-13-23)20-21-6-10-24(11-7-21)37-15-14-25(33-28(37)40)32-27(39)36-18-16-35(17-19-36)26(38)29(2,3)31-4/h6-7,10-11,14-15,22-23,31H,5,8-9,12-13,16-20,30H2,1-4H3,(H,32,33,39,40). The van der Waals surface area contributed by atoms with Crippen molar-refractivity contribution >= 4 is 17.8 Å². The molecule has 1 aliphatic heterocycles. The van der Waals surface area contributed by atoms with Crippen molar-refractivity contribution in [3.05, 3.63) is 52.6 Å². The zero-order chi connectivity index (χ0) is 28.9. The molecule has 2 aromatic rings. The molecule has 0 atom stereocenters. The maximum Gasteiger partial charge on any atom is 0.354 e. The number of aromatic nitrogens is 2.